The van der Waals surface area contributed by atoms with Crippen molar-refractivity contribution in [3.63, 3.8) is 0 Å². The Balaban J connectivity index is 2.07. The van der Waals surface area contributed by atoms with Gasteiger partial charge >= 0.3 is 0 Å². The number of aliphatic hydroxyl groups is 1. The van der Waals surface area contributed by atoms with Gasteiger partial charge in [0.05, 0.1) is 31.4 Å². The van der Waals surface area contributed by atoms with Crippen LogP contribution in [0, 0.1) is 5.92 Å². The number of hydrogen-bond donors (Lipinski definition) is 1. The number of methoxy groups -OCH3 is 1. The number of ether oxygens (including phenoxy) is 4. The lowest BCUT2D eigenvalue weighted by molar-refractivity contribution is -0.140. The number of rotatable bonds is 14. The zero-order valence-electron chi connectivity index (χ0n) is 23.0. The second-order valence-corrected chi connectivity index (χ2v) is 9.47. The molecule has 8 heteroatoms. The predicted molar refractivity (Wildman–Crippen MR) is 146 cm³/mol. The van der Waals surface area contributed by atoms with E-state index < -0.39 is 17.7 Å². The smallest absolute Gasteiger partial charge is 0.295 e. The molecule has 2 aromatic rings. The number of carbonyl (C=O) groups is 2. The van der Waals surface area contributed by atoms with Gasteiger partial charge in [-0.25, -0.2) is 0 Å². The zero-order chi connectivity index (χ0) is 27.7. The van der Waals surface area contributed by atoms with Gasteiger partial charge in [0.25, 0.3) is 11.7 Å². The van der Waals surface area contributed by atoms with Crippen LogP contribution in [-0.2, 0) is 14.3 Å². The Hall–Kier alpha value is -3.52. The SMILES string of the molecule is CCOc1ccc(C(O)=C2C(=O)C(=O)N(CCCOC)C2c2ccc(OCCC(C)C)c(OCC)c2)cc1. The van der Waals surface area contributed by atoms with E-state index in [1.165, 1.54) is 4.90 Å². The molecule has 1 aliphatic rings. The highest BCUT2D eigenvalue weighted by Gasteiger charge is 2.46. The molecule has 1 amide bonds. The minimum atomic E-state index is -0.789. The van der Waals surface area contributed by atoms with Gasteiger partial charge < -0.3 is 29.0 Å². The maximum Gasteiger partial charge on any atom is 0.295 e. The summed E-state index contributed by atoms with van der Waals surface area (Å²) < 4.78 is 22.5. The maximum absolute atomic E-state index is 13.3. The summed E-state index contributed by atoms with van der Waals surface area (Å²) in [5.74, 6) is 0.648. The van der Waals surface area contributed by atoms with Crippen LogP contribution in [0.1, 0.15) is 57.7 Å². The second kappa shape index (κ2) is 13.9. The fourth-order valence-corrected chi connectivity index (χ4v) is 4.35. The fourth-order valence-electron chi connectivity index (χ4n) is 4.35. The number of likely N-dealkylation sites (tertiary alicyclic amines) is 1. The molecular weight excluding hydrogens is 486 g/mol. The van der Waals surface area contributed by atoms with Crippen molar-refractivity contribution in [1.29, 1.82) is 0 Å². The first-order valence-electron chi connectivity index (χ1n) is 13.2. The van der Waals surface area contributed by atoms with Gasteiger partial charge in [0, 0.05) is 25.8 Å². The van der Waals surface area contributed by atoms with E-state index in [-0.39, 0.29) is 11.3 Å². The number of hydrogen-bond acceptors (Lipinski definition) is 7. The molecule has 1 N–H and O–H groups in total. The second-order valence-electron chi connectivity index (χ2n) is 9.47. The van der Waals surface area contributed by atoms with Crippen molar-refractivity contribution < 1.29 is 33.6 Å². The maximum atomic E-state index is 13.3. The predicted octanol–water partition coefficient (Wildman–Crippen LogP) is 5.37. The van der Waals surface area contributed by atoms with Gasteiger partial charge in [0.2, 0.25) is 0 Å². The monoisotopic (exact) mass is 525 g/mol. The zero-order valence-corrected chi connectivity index (χ0v) is 23.0. The normalized spacial score (nSPS) is 16.8. The first-order valence-corrected chi connectivity index (χ1v) is 13.2. The minimum absolute atomic E-state index is 0.0347. The first kappa shape index (κ1) is 29.0. The van der Waals surface area contributed by atoms with Crippen LogP contribution in [0.25, 0.3) is 5.76 Å². The topological polar surface area (TPSA) is 94.5 Å². The molecule has 38 heavy (non-hydrogen) atoms. The van der Waals surface area contributed by atoms with E-state index in [0.29, 0.717) is 73.7 Å². The van der Waals surface area contributed by atoms with Crippen LogP contribution in [0.15, 0.2) is 48.0 Å². The highest BCUT2D eigenvalue weighted by Crippen LogP contribution is 2.42. The van der Waals surface area contributed by atoms with Crippen LogP contribution in [0.4, 0.5) is 0 Å². The average molecular weight is 526 g/mol. The molecule has 1 heterocycles. The number of Topliss-reactive ketones (excluding diaryl/α,β-unsaturated/α-hetero) is 1. The van der Waals surface area contributed by atoms with Crippen LogP contribution in [0.5, 0.6) is 17.2 Å². The Morgan fingerprint density at radius 1 is 0.947 bits per heavy atom. The summed E-state index contributed by atoms with van der Waals surface area (Å²) in [6.07, 6.45) is 1.44. The molecule has 1 fully saturated rings. The van der Waals surface area contributed by atoms with Crippen molar-refractivity contribution in [1.82, 2.24) is 4.90 Å². The van der Waals surface area contributed by atoms with Crippen LogP contribution < -0.4 is 14.2 Å². The molecule has 1 unspecified atom stereocenters. The van der Waals surface area contributed by atoms with Crippen molar-refractivity contribution in [2.45, 2.75) is 46.6 Å². The van der Waals surface area contributed by atoms with Crippen LogP contribution >= 0.6 is 0 Å². The summed E-state index contributed by atoms with van der Waals surface area (Å²) in [5.41, 5.74) is 1.10. The van der Waals surface area contributed by atoms with E-state index in [2.05, 4.69) is 13.8 Å². The molecule has 8 nitrogen and oxygen atoms in total. The van der Waals surface area contributed by atoms with E-state index in [0.717, 1.165) is 6.42 Å². The van der Waals surface area contributed by atoms with E-state index >= 15 is 0 Å². The summed E-state index contributed by atoms with van der Waals surface area (Å²) in [4.78, 5) is 27.9. The van der Waals surface area contributed by atoms with E-state index in [9.17, 15) is 14.7 Å². The molecule has 2 aromatic carbocycles. The van der Waals surface area contributed by atoms with Crippen LogP contribution in [-0.4, -0.2) is 61.8 Å². The van der Waals surface area contributed by atoms with Gasteiger partial charge in [0.1, 0.15) is 11.5 Å². The molecule has 0 spiro atoms. The molecule has 0 bridgehead atoms. The molecule has 206 valence electrons. The molecule has 3 rings (SSSR count). The van der Waals surface area contributed by atoms with Gasteiger partial charge in [-0.3, -0.25) is 9.59 Å². The Bertz CT molecular complexity index is 1120. The number of ketones is 1. The van der Waals surface area contributed by atoms with E-state index in [1.807, 2.05) is 19.9 Å². The first-order chi connectivity index (χ1) is 18.3. The van der Waals surface area contributed by atoms with Gasteiger partial charge in [-0.15, -0.1) is 0 Å². The van der Waals surface area contributed by atoms with Gasteiger partial charge in [-0.1, -0.05) is 19.9 Å². The Kier molecular flexibility index (Phi) is 10.6. The Morgan fingerprint density at radius 3 is 2.29 bits per heavy atom. The largest absolute Gasteiger partial charge is 0.507 e. The average Bonchev–Trinajstić information content (AvgIpc) is 3.15. The van der Waals surface area contributed by atoms with Gasteiger partial charge in [-0.2, -0.15) is 0 Å². The Morgan fingerprint density at radius 2 is 1.66 bits per heavy atom. The lowest BCUT2D eigenvalue weighted by Crippen LogP contribution is -2.31. The lowest BCUT2D eigenvalue weighted by Gasteiger charge is -2.26. The number of carbonyl (C=O) groups excluding carboxylic acids is 2. The van der Waals surface area contributed by atoms with E-state index in [4.69, 9.17) is 18.9 Å². The summed E-state index contributed by atoms with van der Waals surface area (Å²) in [5, 5.41) is 11.3. The number of aliphatic hydroxyl groups excluding tert-OH is 1. The van der Waals surface area contributed by atoms with Crippen molar-refractivity contribution >= 4 is 17.4 Å². The van der Waals surface area contributed by atoms with Gasteiger partial charge in [0.15, 0.2) is 11.5 Å². The Labute approximate surface area is 225 Å². The van der Waals surface area contributed by atoms with E-state index in [1.54, 1.807) is 43.5 Å². The standard InChI is InChI=1S/C30H39NO7/c1-6-36-23-12-9-21(10-13-23)28(32)26-27(31(16-8-17-35-5)30(34)29(26)33)22-11-14-24(25(19-22)37-7-2)38-18-15-20(3)4/h9-14,19-20,27,32H,6-8,15-18H2,1-5H3. The number of nitrogens with zero attached hydrogens (tertiary/aromatic N) is 1. The fraction of sp³-hybridized carbons (Fsp3) is 0.467. The highest BCUT2D eigenvalue weighted by atomic mass is 16.5. The van der Waals surface area contributed by atoms with Crippen molar-refractivity contribution in [3.8, 4) is 17.2 Å². The summed E-state index contributed by atoms with van der Waals surface area (Å²) in [6.45, 7) is 10.2. The summed E-state index contributed by atoms with van der Waals surface area (Å²) in [6, 6.07) is 11.4. The van der Waals surface area contributed by atoms with Crippen molar-refractivity contribution in [2.75, 3.05) is 40.1 Å². The molecule has 0 aliphatic carbocycles. The lowest BCUT2D eigenvalue weighted by atomic mass is 9.95. The molecule has 0 aromatic heterocycles. The van der Waals surface area contributed by atoms with Crippen molar-refractivity contribution in [3.05, 3.63) is 59.2 Å². The minimum Gasteiger partial charge on any atom is -0.507 e. The van der Waals surface area contributed by atoms with Gasteiger partial charge in [-0.05, 0) is 74.6 Å². The van der Waals surface area contributed by atoms with Crippen molar-refractivity contribution in [2.24, 2.45) is 5.92 Å². The number of benzene rings is 2. The molecule has 0 radical (unpaired) electrons. The van der Waals surface area contributed by atoms with Crippen LogP contribution in [0.2, 0.25) is 0 Å². The third-order valence-corrected chi connectivity index (χ3v) is 6.26. The third-order valence-electron chi connectivity index (χ3n) is 6.26. The quantitative estimate of drug-likeness (QED) is 0.153. The molecule has 1 aliphatic heterocycles. The van der Waals surface area contributed by atoms with Crippen LogP contribution in [0.3, 0.4) is 0 Å². The molecule has 0 saturated carbocycles. The summed E-state index contributed by atoms with van der Waals surface area (Å²) >= 11 is 0. The third kappa shape index (κ3) is 6.86. The molecule has 1 atom stereocenters. The summed E-state index contributed by atoms with van der Waals surface area (Å²) in [7, 11) is 1.59. The molecular formula is C30H39NO7. The number of amides is 1. The molecule has 1 saturated heterocycles. The highest BCUT2D eigenvalue weighted by molar-refractivity contribution is 6.46.